The fourth-order valence-electron chi connectivity index (χ4n) is 3.46. The van der Waals surface area contributed by atoms with Crippen LogP contribution in [0.1, 0.15) is 18.4 Å². The largest absolute Gasteiger partial charge is 0.496 e. The highest BCUT2D eigenvalue weighted by Crippen LogP contribution is 2.30. The second-order valence-electron chi connectivity index (χ2n) is 6.96. The molecule has 1 fully saturated rings. The molecular weight excluding hydrogens is 377 g/mol. The lowest BCUT2D eigenvalue weighted by molar-refractivity contribution is -0.136. The van der Waals surface area contributed by atoms with E-state index in [2.05, 4.69) is 0 Å². The Balaban J connectivity index is 1.62. The van der Waals surface area contributed by atoms with Gasteiger partial charge in [-0.3, -0.25) is 4.79 Å². The van der Waals surface area contributed by atoms with Crippen molar-refractivity contribution >= 4 is 5.91 Å². The van der Waals surface area contributed by atoms with Crippen LogP contribution < -0.4 is 14.2 Å². The molecule has 0 radical (unpaired) electrons. The second kappa shape index (κ2) is 9.60. The summed E-state index contributed by atoms with van der Waals surface area (Å²) in [6.07, 6.45) is -0.0158. The van der Waals surface area contributed by atoms with Crippen LogP contribution in [0, 0.1) is 5.82 Å². The van der Waals surface area contributed by atoms with E-state index in [-0.39, 0.29) is 18.2 Å². The summed E-state index contributed by atoms with van der Waals surface area (Å²) in [7, 11) is 3.03. The van der Waals surface area contributed by atoms with Gasteiger partial charge in [0.25, 0.3) is 0 Å². The number of nitrogens with zero attached hydrogens (tertiary/aromatic N) is 1. The number of aliphatic hydroxyl groups excluding tert-OH is 1. The van der Waals surface area contributed by atoms with Crippen molar-refractivity contribution in [3.05, 3.63) is 53.8 Å². The molecule has 1 aliphatic heterocycles. The zero-order chi connectivity index (χ0) is 20.8. The molecule has 1 heterocycles. The Morgan fingerprint density at radius 3 is 2.66 bits per heavy atom. The van der Waals surface area contributed by atoms with Gasteiger partial charge in [0, 0.05) is 19.0 Å². The maximum atomic E-state index is 13.4. The number of hydrogen-bond acceptors (Lipinski definition) is 5. The molecule has 2 atom stereocenters. The van der Waals surface area contributed by atoms with Gasteiger partial charge in [0.15, 0.2) is 11.5 Å². The number of carbonyl (C=O) groups excluding carboxylic acids is 1. The standard InChI is InChI=1S/C22H26FNO5/c1-27-18-6-4-3-5-15(18)7-10-22(26)24-12-11-17(25)21(14-24)29-19-9-8-16(23)13-20(19)28-2/h3-6,8-9,13,17,21,25H,7,10-12,14H2,1-2H3/t17-,21-/m1/s1. The van der Waals surface area contributed by atoms with E-state index >= 15 is 0 Å². The van der Waals surface area contributed by atoms with Crippen LogP contribution in [0.5, 0.6) is 17.2 Å². The lowest BCUT2D eigenvalue weighted by atomic mass is 10.0. The Bertz CT molecular complexity index is 844. The van der Waals surface area contributed by atoms with Gasteiger partial charge < -0.3 is 24.2 Å². The second-order valence-corrected chi connectivity index (χ2v) is 6.96. The summed E-state index contributed by atoms with van der Waals surface area (Å²) in [5.74, 6) is 0.895. The van der Waals surface area contributed by atoms with Gasteiger partial charge >= 0.3 is 0 Å². The fraction of sp³-hybridized carbons (Fsp3) is 0.409. The first-order valence-corrected chi connectivity index (χ1v) is 9.59. The predicted molar refractivity (Wildman–Crippen MR) is 106 cm³/mol. The fourth-order valence-corrected chi connectivity index (χ4v) is 3.46. The van der Waals surface area contributed by atoms with Gasteiger partial charge in [0.1, 0.15) is 17.7 Å². The topological polar surface area (TPSA) is 68.2 Å². The third-order valence-corrected chi connectivity index (χ3v) is 5.08. The summed E-state index contributed by atoms with van der Waals surface area (Å²) >= 11 is 0. The Morgan fingerprint density at radius 2 is 1.90 bits per heavy atom. The van der Waals surface area contributed by atoms with Crippen molar-refractivity contribution in [2.75, 3.05) is 27.3 Å². The molecule has 0 aliphatic carbocycles. The van der Waals surface area contributed by atoms with Crippen molar-refractivity contribution in [3.63, 3.8) is 0 Å². The van der Waals surface area contributed by atoms with Crippen molar-refractivity contribution in [3.8, 4) is 17.2 Å². The molecule has 2 aromatic carbocycles. The summed E-state index contributed by atoms with van der Waals surface area (Å²) in [6, 6.07) is 11.6. The SMILES string of the molecule is COc1ccccc1CCC(=O)N1CC[C@@H](O)[C@H](Oc2ccc(F)cc2OC)C1. The van der Waals surface area contributed by atoms with Crippen molar-refractivity contribution in [1.82, 2.24) is 4.90 Å². The molecule has 29 heavy (non-hydrogen) atoms. The maximum absolute atomic E-state index is 13.4. The third kappa shape index (κ3) is 5.17. The first kappa shape index (κ1) is 20.9. The van der Waals surface area contributed by atoms with Crippen molar-refractivity contribution < 1.29 is 28.5 Å². The van der Waals surface area contributed by atoms with Crippen LogP contribution in [0.25, 0.3) is 0 Å². The minimum Gasteiger partial charge on any atom is -0.496 e. The van der Waals surface area contributed by atoms with Gasteiger partial charge in [0.2, 0.25) is 5.91 Å². The van der Waals surface area contributed by atoms with Crippen LogP contribution in [-0.2, 0) is 11.2 Å². The minimum atomic E-state index is -0.719. The number of rotatable bonds is 7. The molecule has 1 N–H and O–H groups in total. The van der Waals surface area contributed by atoms with Crippen molar-refractivity contribution in [1.29, 1.82) is 0 Å². The summed E-state index contributed by atoms with van der Waals surface area (Å²) in [4.78, 5) is 14.4. The summed E-state index contributed by atoms with van der Waals surface area (Å²) in [6.45, 7) is 0.721. The predicted octanol–water partition coefficient (Wildman–Crippen LogP) is 2.82. The molecule has 156 valence electrons. The van der Waals surface area contributed by atoms with E-state index in [1.807, 2.05) is 24.3 Å². The normalized spacial score (nSPS) is 19.0. The molecule has 7 heteroatoms. The van der Waals surface area contributed by atoms with Crippen LogP contribution >= 0.6 is 0 Å². The molecule has 0 aromatic heterocycles. The van der Waals surface area contributed by atoms with E-state index in [0.29, 0.717) is 31.6 Å². The first-order valence-electron chi connectivity index (χ1n) is 9.59. The molecule has 3 rings (SSSR count). The number of piperidine rings is 1. The van der Waals surface area contributed by atoms with Crippen LogP contribution in [0.3, 0.4) is 0 Å². The van der Waals surface area contributed by atoms with Crippen LogP contribution in [0.15, 0.2) is 42.5 Å². The maximum Gasteiger partial charge on any atom is 0.223 e. The Labute approximate surface area is 169 Å². The molecule has 1 saturated heterocycles. The summed E-state index contributed by atoms with van der Waals surface area (Å²) in [5.41, 5.74) is 0.976. The minimum absolute atomic E-state index is 0.0116. The third-order valence-electron chi connectivity index (χ3n) is 5.08. The van der Waals surface area contributed by atoms with Crippen molar-refractivity contribution in [2.24, 2.45) is 0 Å². The monoisotopic (exact) mass is 403 g/mol. The van der Waals surface area contributed by atoms with Crippen molar-refractivity contribution in [2.45, 2.75) is 31.5 Å². The van der Waals surface area contributed by atoms with Gasteiger partial charge in [-0.25, -0.2) is 4.39 Å². The van der Waals surface area contributed by atoms with Gasteiger partial charge in [-0.1, -0.05) is 18.2 Å². The smallest absolute Gasteiger partial charge is 0.223 e. The molecule has 0 bridgehead atoms. The number of aliphatic hydroxyl groups is 1. The molecule has 2 aromatic rings. The molecule has 0 spiro atoms. The number of hydrogen-bond donors (Lipinski definition) is 1. The molecule has 0 unspecified atom stereocenters. The number of para-hydroxylation sites is 1. The number of halogens is 1. The average molecular weight is 403 g/mol. The molecular formula is C22H26FNO5. The molecule has 6 nitrogen and oxygen atoms in total. The lowest BCUT2D eigenvalue weighted by Crippen LogP contribution is -2.51. The van der Waals surface area contributed by atoms with Crippen LogP contribution in [0.4, 0.5) is 4.39 Å². The quantitative estimate of drug-likeness (QED) is 0.770. The molecule has 1 aliphatic rings. The average Bonchev–Trinajstić information content (AvgIpc) is 2.74. The number of likely N-dealkylation sites (tertiary alicyclic amines) is 1. The number of carbonyl (C=O) groups is 1. The number of methoxy groups -OCH3 is 2. The van der Waals surface area contributed by atoms with Crippen LogP contribution in [0.2, 0.25) is 0 Å². The van der Waals surface area contributed by atoms with Gasteiger partial charge in [0.05, 0.1) is 26.9 Å². The van der Waals surface area contributed by atoms with E-state index in [4.69, 9.17) is 14.2 Å². The zero-order valence-corrected chi connectivity index (χ0v) is 16.6. The van der Waals surface area contributed by atoms with E-state index in [1.54, 1.807) is 12.0 Å². The number of aryl methyl sites for hydroxylation is 1. The van der Waals surface area contributed by atoms with Gasteiger partial charge in [-0.2, -0.15) is 0 Å². The highest BCUT2D eigenvalue weighted by molar-refractivity contribution is 5.76. The van der Waals surface area contributed by atoms with Crippen LogP contribution in [-0.4, -0.2) is 55.4 Å². The molecule has 0 saturated carbocycles. The van der Waals surface area contributed by atoms with E-state index in [0.717, 1.165) is 11.3 Å². The van der Waals surface area contributed by atoms with Gasteiger partial charge in [-0.05, 0) is 36.6 Å². The number of amides is 1. The van der Waals surface area contributed by atoms with E-state index in [1.165, 1.54) is 25.3 Å². The molecule has 1 amide bonds. The zero-order valence-electron chi connectivity index (χ0n) is 16.6. The lowest BCUT2D eigenvalue weighted by Gasteiger charge is -2.36. The number of ether oxygens (including phenoxy) is 3. The summed E-state index contributed by atoms with van der Waals surface area (Å²) in [5, 5.41) is 10.3. The summed E-state index contributed by atoms with van der Waals surface area (Å²) < 4.78 is 29.7. The Hall–Kier alpha value is -2.80. The van der Waals surface area contributed by atoms with Gasteiger partial charge in [-0.15, -0.1) is 0 Å². The van der Waals surface area contributed by atoms with E-state index < -0.39 is 18.0 Å². The highest BCUT2D eigenvalue weighted by Gasteiger charge is 2.32. The van der Waals surface area contributed by atoms with E-state index in [9.17, 15) is 14.3 Å². The first-order chi connectivity index (χ1) is 14.0. The Morgan fingerprint density at radius 1 is 1.14 bits per heavy atom. The Kier molecular flexibility index (Phi) is 6.93. The number of benzene rings is 2. The highest BCUT2D eigenvalue weighted by atomic mass is 19.1.